The zero-order chi connectivity index (χ0) is 16.6. The maximum atomic E-state index is 13.9. The Kier molecular flexibility index (Phi) is 4.48. The summed E-state index contributed by atoms with van der Waals surface area (Å²) in [6.45, 7) is 0. The molecule has 0 saturated carbocycles. The summed E-state index contributed by atoms with van der Waals surface area (Å²) in [6, 6.07) is 10.1. The summed E-state index contributed by atoms with van der Waals surface area (Å²) in [7, 11) is 0. The monoisotopic (exact) mass is 367 g/mol. The van der Waals surface area contributed by atoms with Crippen molar-refractivity contribution in [2.75, 3.05) is 4.90 Å². The van der Waals surface area contributed by atoms with E-state index in [-0.39, 0.29) is 25.5 Å². The Morgan fingerprint density at radius 3 is 2.48 bits per heavy atom. The first-order chi connectivity index (χ1) is 11.0. The highest BCUT2D eigenvalue weighted by atomic mass is 35.5. The van der Waals surface area contributed by atoms with Gasteiger partial charge in [0.25, 0.3) is 5.91 Å². The number of carbonyl (C=O) groups excluding carboxylic acids is 1. The molecule has 2 aromatic rings. The molecule has 23 heavy (non-hydrogen) atoms. The maximum Gasteiger partial charge on any atom is 0.270 e. The minimum atomic E-state index is -0.561. The third kappa shape index (κ3) is 3.02. The van der Waals surface area contributed by atoms with Crippen molar-refractivity contribution in [3.8, 4) is 0 Å². The van der Waals surface area contributed by atoms with Crippen LogP contribution in [0.3, 0.4) is 0 Å². The van der Waals surface area contributed by atoms with Crippen LogP contribution >= 0.6 is 35.6 Å². The van der Waals surface area contributed by atoms with Crippen LogP contribution in [-0.2, 0) is 4.79 Å². The number of anilines is 1. The van der Waals surface area contributed by atoms with Crippen molar-refractivity contribution in [3.05, 3.63) is 69.6 Å². The highest BCUT2D eigenvalue weighted by molar-refractivity contribution is 8.27. The van der Waals surface area contributed by atoms with Crippen LogP contribution in [0.4, 0.5) is 14.5 Å². The van der Waals surface area contributed by atoms with Crippen molar-refractivity contribution in [3.63, 3.8) is 0 Å². The van der Waals surface area contributed by atoms with Gasteiger partial charge >= 0.3 is 0 Å². The lowest BCUT2D eigenvalue weighted by Crippen LogP contribution is -2.28. The minimum Gasteiger partial charge on any atom is -0.268 e. The molecule has 1 aliphatic rings. The first kappa shape index (κ1) is 16.1. The predicted octanol–water partition coefficient (Wildman–Crippen LogP) is 5.02. The molecule has 0 radical (unpaired) electrons. The molecular weight excluding hydrogens is 360 g/mol. The SMILES string of the molecule is O=C1/C(=C/c2c(F)cccc2Cl)SC(=S)N1c1ccccc1F. The molecule has 1 aliphatic heterocycles. The van der Waals surface area contributed by atoms with Gasteiger partial charge in [0.1, 0.15) is 11.6 Å². The van der Waals surface area contributed by atoms with Gasteiger partial charge in [0.2, 0.25) is 0 Å². The van der Waals surface area contributed by atoms with Crippen LogP contribution in [-0.4, -0.2) is 10.2 Å². The average Bonchev–Trinajstić information content (AvgIpc) is 2.78. The largest absolute Gasteiger partial charge is 0.270 e. The highest BCUT2D eigenvalue weighted by Crippen LogP contribution is 2.37. The van der Waals surface area contributed by atoms with E-state index < -0.39 is 17.5 Å². The third-order valence-electron chi connectivity index (χ3n) is 3.16. The fourth-order valence-corrected chi connectivity index (χ4v) is 3.57. The molecule has 116 valence electrons. The highest BCUT2D eigenvalue weighted by Gasteiger charge is 2.35. The van der Waals surface area contributed by atoms with E-state index in [0.717, 1.165) is 16.7 Å². The van der Waals surface area contributed by atoms with Crippen molar-refractivity contribution in [2.45, 2.75) is 0 Å². The first-order valence-electron chi connectivity index (χ1n) is 6.45. The Hall–Kier alpha value is -1.76. The van der Waals surface area contributed by atoms with E-state index in [1.807, 2.05) is 0 Å². The normalized spacial score (nSPS) is 16.5. The maximum absolute atomic E-state index is 13.9. The second-order valence-electron chi connectivity index (χ2n) is 4.60. The molecule has 1 heterocycles. The lowest BCUT2D eigenvalue weighted by Gasteiger charge is -2.14. The van der Waals surface area contributed by atoms with Gasteiger partial charge in [-0.25, -0.2) is 8.78 Å². The molecule has 0 N–H and O–H groups in total. The third-order valence-corrected chi connectivity index (χ3v) is 4.79. The van der Waals surface area contributed by atoms with Gasteiger partial charge in [0.05, 0.1) is 15.6 Å². The molecule has 3 rings (SSSR count). The number of nitrogens with zero attached hydrogens (tertiary/aromatic N) is 1. The van der Waals surface area contributed by atoms with Crippen LogP contribution in [0.2, 0.25) is 5.02 Å². The Labute approximate surface area is 145 Å². The molecular formula is C16H8ClF2NOS2. The van der Waals surface area contributed by atoms with Crippen LogP contribution in [0.25, 0.3) is 6.08 Å². The number of hydrogen-bond acceptors (Lipinski definition) is 3. The van der Waals surface area contributed by atoms with Gasteiger partial charge < -0.3 is 0 Å². The number of carbonyl (C=O) groups is 1. The summed E-state index contributed by atoms with van der Waals surface area (Å²) >= 11 is 12.1. The molecule has 0 unspecified atom stereocenters. The topological polar surface area (TPSA) is 20.3 Å². The number of hydrogen-bond donors (Lipinski definition) is 0. The van der Waals surface area contributed by atoms with Gasteiger partial charge in [-0.1, -0.05) is 53.8 Å². The Balaban J connectivity index is 2.02. The van der Waals surface area contributed by atoms with Crippen molar-refractivity contribution in [1.29, 1.82) is 0 Å². The van der Waals surface area contributed by atoms with Crippen LogP contribution in [0.5, 0.6) is 0 Å². The van der Waals surface area contributed by atoms with Gasteiger partial charge in [0.15, 0.2) is 4.32 Å². The Morgan fingerprint density at radius 2 is 1.78 bits per heavy atom. The Bertz CT molecular complexity index is 833. The number of rotatable bonds is 2. The molecule has 1 fully saturated rings. The number of benzene rings is 2. The molecule has 0 atom stereocenters. The van der Waals surface area contributed by atoms with Gasteiger partial charge in [-0.3, -0.25) is 9.69 Å². The molecule has 1 saturated heterocycles. The minimum absolute atomic E-state index is 0.0676. The molecule has 0 bridgehead atoms. The van der Waals surface area contributed by atoms with Crippen LogP contribution in [0.15, 0.2) is 47.4 Å². The number of thiocarbonyl (C=S) groups is 1. The molecule has 0 aliphatic carbocycles. The number of para-hydroxylation sites is 1. The van der Waals surface area contributed by atoms with Crippen LogP contribution in [0, 0.1) is 11.6 Å². The van der Waals surface area contributed by atoms with E-state index in [0.29, 0.717) is 0 Å². The molecule has 1 amide bonds. The van der Waals surface area contributed by atoms with Crippen LogP contribution in [0.1, 0.15) is 5.56 Å². The number of thioether (sulfide) groups is 1. The van der Waals surface area contributed by atoms with Crippen molar-refractivity contribution < 1.29 is 13.6 Å². The standard InChI is InChI=1S/C16H8ClF2NOS2/c17-10-4-3-6-11(18)9(10)8-14-15(21)20(16(22)23-14)13-7-2-1-5-12(13)19/h1-8H/b14-8-. The van der Waals surface area contributed by atoms with Gasteiger partial charge in [-0.05, 0) is 30.3 Å². The molecule has 0 aromatic heterocycles. The summed E-state index contributed by atoms with van der Waals surface area (Å²) in [5, 5.41) is 0.182. The van der Waals surface area contributed by atoms with Gasteiger partial charge in [-0.2, -0.15) is 0 Å². The zero-order valence-corrected chi connectivity index (χ0v) is 13.8. The van der Waals surface area contributed by atoms with E-state index in [4.69, 9.17) is 23.8 Å². The van der Waals surface area contributed by atoms with E-state index in [1.54, 1.807) is 6.07 Å². The summed E-state index contributed by atoms with van der Waals surface area (Å²) in [5.74, 6) is -1.62. The smallest absolute Gasteiger partial charge is 0.268 e. The molecule has 2 nitrogen and oxygen atoms in total. The lowest BCUT2D eigenvalue weighted by molar-refractivity contribution is -0.113. The van der Waals surface area contributed by atoms with Crippen molar-refractivity contribution in [1.82, 2.24) is 0 Å². The van der Waals surface area contributed by atoms with E-state index in [2.05, 4.69) is 0 Å². The second kappa shape index (κ2) is 6.39. The molecule has 0 spiro atoms. The summed E-state index contributed by atoms with van der Waals surface area (Å²) in [5.41, 5.74) is 0.168. The Morgan fingerprint density at radius 1 is 1.09 bits per heavy atom. The number of amides is 1. The van der Waals surface area contributed by atoms with E-state index in [1.165, 1.54) is 42.5 Å². The average molecular weight is 368 g/mol. The predicted molar refractivity (Wildman–Crippen MR) is 93.5 cm³/mol. The number of halogens is 3. The summed E-state index contributed by atoms with van der Waals surface area (Å²) in [6.07, 6.45) is 1.33. The first-order valence-corrected chi connectivity index (χ1v) is 8.06. The van der Waals surface area contributed by atoms with Crippen LogP contribution < -0.4 is 4.90 Å². The lowest BCUT2D eigenvalue weighted by atomic mass is 10.2. The summed E-state index contributed by atoms with van der Waals surface area (Å²) < 4.78 is 27.9. The quantitative estimate of drug-likeness (QED) is 0.549. The zero-order valence-electron chi connectivity index (χ0n) is 11.4. The van der Waals surface area contributed by atoms with Gasteiger partial charge in [0, 0.05) is 5.56 Å². The van der Waals surface area contributed by atoms with Gasteiger partial charge in [-0.15, -0.1) is 0 Å². The van der Waals surface area contributed by atoms with Crippen molar-refractivity contribution >= 4 is 57.6 Å². The second-order valence-corrected chi connectivity index (χ2v) is 6.69. The fraction of sp³-hybridized carbons (Fsp3) is 0. The van der Waals surface area contributed by atoms with E-state index in [9.17, 15) is 13.6 Å². The molecule has 2 aromatic carbocycles. The van der Waals surface area contributed by atoms with E-state index >= 15 is 0 Å². The molecule has 7 heteroatoms. The fourth-order valence-electron chi connectivity index (χ4n) is 2.09. The van der Waals surface area contributed by atoms with Crippen molar-refractivity contribution in [2.24, 2.45) is 0 Å². The summed E-state index contributed by atoms with van der Waals surface area (Å²) in [4.78, 5) is 13.8.